The Kier molecular flexibility index (Phi) is 5.26. The van der Waals surface area contributed by atoms with E-state index in [1.54, 1.807) is 0 Å². The van der Waals surface area contributed by atoms with Crippen molar-refractivity contribution >= 4 is 5.82 Å². The van der Waals surface area contributed by atoms with Gasteiger partial charge in [-0.05, 0) is 37.4 Å². The summed E-state index contributed by atoms with van der Waals surface area (Å²) in [4.78, 5) is 6.79. The highest BCUT2D eigenvalue weighted by Crippen LogP contribution is 2.13. The number of hydrogen-bond acceptors (Lipinski definition) is 3. The van der Waals surface area contributed by atoms with Crippen LogP contribution < -0.4 is 10.6 Å². The Balaban J connectivity index is 2.70. The van der Waals surface area contributed by atoms with Gasteiger partial charge in [-0.15, -0.1) is 0 Å². The first-order valence-corrected chi connectivity index (χ1v) is 6.07. The molecule has 0 aliphatic heterocycles. The largest absolute Gasteiger partial charge is 0.357 e. The Morgan fingerprint density at radius 1 is 1.38 bits per heavy atom. The second-order valence-corrected chi connectivity index (χ2v) is 4.50. The summed E-state index contributed by atoms with van der Waals surface area (Å²) in [5.74, 6) is 1.72. The van der Waals surface area contributed by atoms with Crippen LogP contribution in [0.4, 0.5) is 5.82 Å². The SMILES string of the molecule is CCN(CC(C)C)c1ccc(CCN)cn1. The van der Waals surface area contributed by atoms with Crippen molar-refractivity contribution in [3.05, 3.63) is 23.9 Å². The maximum absolute atomic E-state index is 5.51. The zero-order valence-electron chi connectivity index (χ0n) is 10.6. The third-order valence-electron chi connectivity index (χ3n) is 2.53. The molecule has 0 radical (unpaired) electrons. The lowest BCUT2D eigenvalue weighted by atomic mass is 10.2. The Bertz CT molecular complexity index is 293. The second kappa shape index (κ2) is 6.48. The summed E-state index contributed by atoms with van der Waals surface area (Å²) in [5, 5.41) is 0. The fourth-order valence-corrected chi connectivity index (χ4v) is 1.74. The molecule has 3 heteroatoms. The van der Waals surface area contributed by atoms with E-state index in [4.69, 9.17) is 5.73 Å². The fraction of sp³-hybridized carbons (Fsp3) is 0.615. The van der Waals surface area contributed by atoms with Crippen LogP contribution in [0.3, 0.4) is 0 Å². The van der Waals surface area contributed by atoms with E-state index in [1.165, 1.54) is 5.56 Å². The van der Waals surface area contributed by atoms with Gasteiger partial charge in [0.05, 0.1) is 0 Å². The fourth-order valence-electron chi connectivity index (χ4n) is 1.74. The van der Waals surface area contributed by atoms with Crippen LogP contribution in [0.15, 0.2) is 18.3 Å². The summed E-state index contributed by atoms with van der Waals surface area (Å²) >= 11 is 0. The standard InChI is InChI=1S/C13H23N3/c1-4-16(10-11(2)3)13-6-5-12(7-8-14)9-15-13/h5-6,9,11H,4,7-8,10,14H2,1-3H3. The molecule has 0 atom stereocenters. The first-order valence-electron chi connectivity index (χ1n) is 6.07. The summed E-state index contributed by atoms with van der Waals surface area (Å²) in [7, 11) is 0. The lowest BCUT2D eigenvalue weighted by molar-refractivity contribution is 0.614. The molecule has 0 aromatic carbocycles. The first kappa shape index (κ1) is 13.0. The zero-order valence-corrected chi connectivity index (χ0v) is 10.6. The molecule has 0 unspecified atom stereocenters. The number of rotatable bonds is 6. The van der Waals surface area contributed by atoms with Crippen LogP contribution in [-0.2, 0) is 6.42 Å². The van der Waals surface area contributed by atoms with Crippen molar-refractivity contribution in [3.8, 4) is 0 Å². The molecule has 0 saturated carbocycles. The minimum absolute atomic E-state index is 0.658. The Hall–Kier alpha value is -1.09. The smallest absolute Gasteiger partial charge is 0.128 e. The Morgan fingerprint density at radius 2 is 2.12 bits per heavy atom. The summed E-state index contributed by atoms with van der Waals surface area (Å²) in [5.41, 5.74) is 6.73. The molecule has 0 aliphatic carbocycles. The molecule has 0 fully saturated rings. The van der Waals surface area contributed by atoms with E-state index in [9.17, 15) is 0 Å². The summed E-state index contributed by atoms with van der Waals surface area (Å²) in [6.45, 7) is 9.36. The lowest BCUT2D eigenvalue weighted by Crippen LogP contribution is -2.28. The third-order valence-corrected chi connectivity index (χ3v) is 2.53. The van der Waals surface area contributed by atoms with Crippen LogP contribution in [-0.4, -0.2) is 24.6 Å². The molecule has 0 amide bonds. The molecule has 0 spiro atoms. The van der Waals surface area contributed by atoms with E-state index in [0.717, 1.165) is 25.3 Å². The van der Waals surface area contributed by atoms with Gasteiger partial charge >= 0.3 is 0 Å². The average Bonchev–Trinajstić information content (AvgIpc) is 2.27. The Morgan fingerprint density at radius 3 is 2.56 bits per heavy atom. The van der Waals surface area contributed by atoms with Crippen LogP contribution in [0.2, 0.25) is 0 Å². The zero-order chi connectivity index (χ0) is 12.0. The molecule has 90 valence electrons. The van der Waals surface area contributed by atoms with Gasteiger partial charge in [-0.2, -0.15) is 0 Å². The highest BCUT2D eigenvalue weighted by atomic mass is 15.2. The molecule has 1 rings (SSSR count). The third kappa shape index (κ3) is 3.81. The molecule has 0 saturated heterocycles. The lowest BCUT2D eigenvalue weighted by Gasteiger charge is -2.24. The molecule has 3 nitrogen and oxygen atoms in total. The highest BCUT2D eigenvalue weighted by Gasteiger charge is 2.07. The van der Waals surface area contributed by atoms with Crippen molar-refractivity contribution in [2.24, 2.45) is 11.7 Å². The Labute approximate surface area is 98.7 Å². The van der Waals surface area contributed by atoms with Gasteiger partial charge in [0.15, 0.2) is 0 Å². The van der Waals surface area contributed by atoms with Gasteiger partial charge < -0.3 is 10.6 Å². The number of nitrogens with zero attached hydrogens (tertiary/aromatic N) is 2. The molecule has 1 aromatic heterocycles. The number of hydrogen-bond donors (Lipinski definition) is 1. The van der Waals surface area contributed by atoms with E-state index >= 15 is 0 Å². The minimum atomic E-state index is 0.658. The molecule has 0 aliphatic rings. The second-order valence-electron chi connectivity index (χ2n) is 4.50. The van der Waals surface area contributed by atoms with Crippen molar-refractivity contribution < 1.29 is 0 Å². The van der Waals surface area contributed by atoms with E-state index in [2.05, 4.69) is 42.8 Å². The maximum Gasteiger partial charge on any atom is 0.128 e. The van der Waals surface area contributed by atoms with Gasteiger partial charge in [-0.3, -0.25) is 0 Å². The van der Waals surface area contributed by atoms with Gasteiger partial charge in [0.2, 0.25) is 0 Å². The van der Waals surface area contributed by atoms with Crippen molar-refractivity contribution in [1.82, 2.24) is 4.98 Å². The van der Waals surface area contributed by atoms with E-state index in [1.807, 2.05) is 6.20 Å². The molecular weight excluding hydrogens is 198 g/mol. The molecule has 2 N–H and O–H groups in total. The van der Waals surface area contributed by atoms with E-state index < -0.39 is 0 Å². The van der Waals surface area contributed by atoms with Crippen molar-refractivity contribution in [2.45, 2.75) is 27.2 Å². The van der Waals surface area contributed by atoms with Crippen LogP contribution >= 0.6 is 0 Å². The van der Waals surface area contributed by atoms with E-state index in [0.29, 0.717) is 12.5 Å². The van der Waals surface area contributed by atoms with Crippen molar-refractivity contribution in [2.75, 3.05) is 24.5 Å². The van der Waals surface area contributed by atoms with Crippen molar-refractivity contribution in [1.29, 1.82) is 0 Å². The maximum atomic E-state index is 5.51. The van der Waals surface area contributed by atoms with E-state index in [-0.39, 0.29) is 0 Å². The summed E-state index contributed by atoms with van der Waals surface area (Å²) < 4.78 is 0. The predicted molar refractivity (Wildman–Crippen MR) is 69.7 cm³/mol. The van der Waals surface area contributed by atoms with Gasteiger partial charge in [-0.1, -0.05) is 19.9 Å². The van der Waals surface area contributed by atoms with Crippen LogP contribution in [0, 0.1) is 5.92 Å². The van der Waals surface area contributed by atoms with Crippen LogP contribution in [0.25, 0.3) is 0 Å². The molecule has 1 heterocycles. The van der Waals surface area contributed by atoms with Gasteiger partial charge in [0, 0.05) is 19.3 Å². The molecular formula is C13H23N3. The topological polar surface area (TPSA) is 42.1 Å². The van der Waals surface area contributed by atoms with Crippen LogP contribution in [0.1, 0.15) is 26.3 Å². The average molecular weight is 221 g/mol. The number of anilines is 1. The highest BCUT2D eigenvalue weighted by molar-refractivity contribution is 5.39. The molecule has 0 bridgehead atoms. The molecule has 16 heavy (non-hydrogen) atoms. The van der Waals surface area contributed by atoms with Gasteiger partial charge in [-0.25, -0.2) is 4.98 Å². The van der Waals surface area contributed by atoms with Gasteiger partial charge in [0.1, 0.15) is 5.82 Å². The molecule has 1 aromatic rings. The summed E-state index contributed by atoms with van der Waals surface area (Å²) in [6, 6.07) is 4.22. The predicted octanol–water partition coefficient (Wildman–Crippen LogP) is 2.07. The van der Waals surface area contributed by atoms with Crippen LogP contribution in [0.5, 0.6) is 0 Å². The summed E-state index contributed by atoms with van der Waals surface area (Å²) in [6.07, 6.45) is 2.84. The number of aromatic nitrogens is 1. The first-order chi connectivity index (χ1) is 7.67. The normalized spacial score (nSPS) is 10.8. The minimum Gasteiger partial charge on any atom is -0.357 e. The number of nitrogens with two attached hydrogens (primary N) is 1. The monoisotopic (exact) mass is 221 g/mol. The quantitative estimate of drug-likeness (QED) is 0.799. The van der Waals surface area contributed by atoms with Crippen molar-refractivity contribution in [3.63, 3.8) is 0 Å². The number of pyridine rings is 1. The van der Waals surface area contributed by atoms with Gasteiger partial charge in [0.25, 0.3) is 0 Å².